The molecule has 5 N–H and O–H groups in total. The standard InChI is InChI=1S/C40H49N11O2/c1-4-27-22-29-30(40(2,3)38-36(37(29)53)28-12-11-26(24-41)21-32(28)45-38)23-34(27)48-17-19-49(20-18-48)35(52)10-6-5-7-15-51-25-33(46-47-51)31(42)9-8-14-50-16-13-44-39(50)43/h11-13,16,21-23,25,31,45H,4-10,14-15,17-20,42H2,1-3H3,(H2,43,44)/t31-/m0/s1. The molecule has 1 fully saturated rings. The predicted octanol–water partition coefficient (Wildman–Crippen LogP) is 5.23. The summed E-state index contributed by atoms with van der Waals surface area (Å²) >= 11 is 0. The molecule has 13 heteroatoms. The zero-order chi connectivity index (χ0) is 37.3. The van der Waals surface area contributed by atoms with Crippen LogP contribution in [0.3, 0.4) is 0 Å². The van der Waals surface area contributed by atoms with Gasteiger partial charge < -0.3 is 30.8 Å². The molecule has 4 heterocycles. The Morgan fingerprint density at radius 3 is 2.62 bits per heavy atom. The van der Waals surface area contributed by atoms with Crippen molar-refractivity contribution in [1.29, 1.82) is 5.26 Å². The molecule has 0 bridgehead atoms. The summed E-state index contributed by atoms with van der Waals surface area (Å²) < 4.78 is 3.75. The molecule has 1 aliphatic carbocycles. The van der Waals surface area contributed by atoms with Crippen LogP contribution in [0.5, 0.6) is 0 Å². The molecule has 7 rings (SSSR count). The maximum Gasteiger partial charge on any atom is 0.222 e. The Morgan fingerprint density at radius 1 is 1.08 bits per heavy atom. The number of nitrogens with two attached hydrogens (primary N) is 2. The molecule has 13 nitrogen and oxygen atoms in total. The molecule has 3 aromatic heterocycles. The molecule has 2 aliphatic rings. The fraction of sp³-hybridized carbons (Fsp3) is 0.450. The molecule has 0 radical (unpaired) electrons. The lowest BCUT2D eigenvalue weighted by Gasteiger charge is -2.39. The maximum atomic E-state index is 14.0. The molecule has 2 aromatic carbocycles. The first-order valence-corrected chi connectivity index (χ1v) is 18.8. The Balaban J connectivity index is 0.897. The number of unbranched alkanes of at least 4 members (excludes halogenated alkanes) is 2. The van der Waals surface area contributed by atoms with Crippen molar-refractivity contribution in [3.05, 3.63) is 88.1 Å². The van der Waals surface area contributed by atoms with Crippen LogP contribution in [0.25, 0.3) is 10.9 Å². The number of ketones is 1. The number of hydrogen-bond acceptors (Lipinski definition) is 9. The average Bonchev–Trinajstić information content (AvgIpc) is 3.92. The van der Waals surface area contributed by atoms with E-state index in [0.29, 0.717) is 36.6 Å². The third-order valence-electron chi connectivity index (χ3n) is 11.1. The fourth-order valence-corrected chi connectivity index (χ4v) is 7.99. The number of benzene rings is 2. The number of H-pyrrole nitrogens is 1. The Labute approximate surface area is 309 Å². The number of carbonyl (C=O) groups excluding carboxylic acids is 2. The van der Waals surface area contributed by atoms with Gasteiger partial charge in [0, 0.05) is 91.3 Å². The molecule has 1 amide bonds. The lowest BCUT2D eigenvalue weighted by molar-refractivity contribution is -0.131. The van der Waals surface area contributed by atoms with Gasteiger partial charge in [0.15, 0.2) is 11.7 Å². The second-order valence-electron chi connectivity index (χ2n) is 14.9. The van der Waals surface area contributed by atoms with Gasteiger partial charge in [-0.2, -0.15) is 5.26 Å². The van der Waals surface area contributed by atoms with Crippen LogP contribution in [0, 0.1) is 11.3 Å². The largest absolute Gasteiger partial charge is 0.369 e. The number of rotatable bonds is 13. The van der Waals surface area contributed by atoms with Crippen LogP contribution in [-0.2, 0) is 29.7 Å². The number of hydrogen-bond donors (Lipinski definition) is 3. The van der Waals surface area contributed by atoms with Crippen LogP contribution in [0.4, 0.5) is 11.6 Å². The van der Waals surface area contributed by atoms with Crippen LogP contribution >= 0.6 is 0 Å². The number of nitrogen functional groups attached to an aromatic ring is 1. The molecule has 1 atom stereocenters. The highest BCUT2D eigenvalue weighted by molar-refractivity contribution is 6.20. The van der Waals surface area contributed by atoms with Gasteiger partial charge >= 0.3 is 0 Å². The van der Waals surface area contributed by atoms with Crippen molar-refractivity contribution in [1.82, 2.24) is 34.4 Å². The minimum Gasteiger partial charge on any atom is -0.369 e. The number of carbonyl (C=O) groups is 2. The van der Waals surface area contributed by atoms with E-state index in [0.717, 1.165) is 109 Å². The SMILES string of the molecule is CCc1cc2c(cc1N1CCN(C(=O)CCCCCn3cc([C@@H](N)CCCn4ccnc4N)nn3)CC1)C(C)(C)c1[nH]c3cc(C#N)ccc3c1C2=O. The third-order valence-corrected chi connectivity index (χ3v) is 11.1. The summed E-state index contributed by atoms with van der Waals surface area (Å²) in [5.41, 5.74) is 19.5. The zero-order valence-electron chi connectivity index (χ0n) is 30.9. The molecule has 53 heavy (non-hydrogen) atoms. The molecule has 0 spiro atoms. The third kappa shape index (κ3) is 7.03. The minimum absolute atomic E-state index is 0.0251. The summed E-state index contributed by atoms with van der Waals surface area (Å²) in [5.74, 6) is 0.738. The second kappa shape index (κ2) is 14.9. The molecule has 0 saturated carbocycles. The van der Waals surface area contributed by atoms with Crippen molar-refractivity contribution in [3.63, 3.8) is 0 Å². The number of anilines is 2. The topological polar surface area (TPSA) is 181 Å². The van der Waals surface area contributed by atoms with Crippen LogP contribution in [-0.4, -0.2) is 72.3 Å². The molecule has 276 valence electrons. The van der Waals surface area contributed by atoms with Gasteiger partial charge in [0.1, 0.15) is 0 Å². The van der Waals surface area contributed by atoms with Crippen molar-refractivity contribution >= 4 is 34.2 Å². The van der Waals surface area contributed by atoms with Crippen molar-refractivity contribution in [3.8, 4) is 6.07 Å². The highest BCUT2D eigenvalue weighted by Crippen LogP contribution is 2.46. The van der Waals surface area contributed by atoms with E-state index in [4.69, 9.17) is 11.5 Å². The van der Waals surface area contributed by atoms with Gasteiger partial charge in [0.05, 0.1) is 35.1 Å². The first-order valence-electron chi connectivity index (χ1n) is 18.8. The summed E-state index contributed by atoms with van der Waals surface area (Å²) in [7, 11) is 0. The van der Waals surface area contributed by atoms with Gasteiger partial charge in [0.2, 0.25) is 5.91 Å². The van der Waals surface area contributed by atoms with Gasteiger partial charge in [-0.15, -0.1) is 5.10 Å². The second-order valence-corrected chi connectivity index (χ2v) is 14.9. The number of nitriles is 1. The normalized spacial score (nSPS) is 15.7. The Morgan fingerprint density at radius 2 is 1.89 bits per heavy atom. The van der Waals surface area contributed by atoms with Gasteiger partial charge in [0.25, 0.3) is 0 Å². The molecule has 0 unspecified atom stereocenters. The van der Waals surface area contributed by atoms with Gasteiger partial charge in [-0.3, -0.25) is 14.3 Å². The zero-order valence-corrected chi connectivity index (χ0v) is 30.9. The highest BCUT2D eigenvalue weighted by atomic mass is 16.2. The number of aromatic amines is 1. The fourth-order valence-electron chi connectivity index (χ4n) is 7.99. The van der Waals surface area contributed by atoms with E-state index >= 15 is 0 Å². The number of nitrogens with one attached hydrogen (secondary N) is 1. The summed E-state index contributed by atoms with van der Waals surface area (Å²) in [6.07, 6.45) is 11.1. The van der Waals surface area contributed by atoms with Crippen LogP contribution in [0.1, 0.15) is 109 Å². The lowest BCUT2D eigenvalue weighted by Crippen LogP contribution is -2.49. The van der Waals surface area contributed by atoms with E-state index in [1.54, 1.807) is 12.3 Å². The number of aromatic nitrogens is 6. The Bertz CT molecular complexity index is 2180. The van der Waals surface area contributed by atoms with Gasteiger partial charge in [-0.25, -0.2) is 4.98 Å². The number of imidazole rings is 1. The first kappa shape index (κ1) is 35.9. The smallest absolute Gasteiger partial charge is 0.222 e. The van der Waals surface area contributed by atoms with E-state index < -0.39 is 5.41 Å². The minimum atomic E-state index is -0.441. The van der Waals surface area contributed by atoms with Crippen LogP contribution in [0.15, 0.2) is 48.9 Å². The summed E-state index contributed by atoms with van der Waals surface area (Å²) in [6, 6.07) is 11.8. The van der Waals surface area contributed by atoms with Crippen LogP contribution in [0.2, 0.25) is 0 Å². The number of fused-ring (bicyclic) bond motifs is 4. The van der Waals surface area contributed by atoms with Crippen molar-refractivity contribution in [2.45, 2.75) is 90.3 Å². The molecular formula is C40H49N11O2. The first-order chi connectivity index (χ1) is 25.6. The molecular weight excluding hydrogens is 667 g/mol. The molecule has 1 aliphatic heterocycles. The van der Waals surface area contributed by atoms with Crippen molar-refractivity contribution < 1.29 is 9.59 Å². The maximum absolute atomic E-state index is 14.0. The van der Waals surface area contributed by atoms with Crippen LogP contribution < -0.4 is 16.4 Å². The van der Waals surface area contributed by atoms with Gasteiger partial charge in [-0.1, -0.05) is 38.5 Å². The number of piperazine rings is 1. The van der Waals surface area contributed by atoms with E-state index in [2.05, 4.69) is 64.2 Å². The Hall–Kier alpha value is -5.48. The van der Waals surface area contributed by atoms with E-state index in [9.17, 15) is 14.9 Å². The number of nitrogens with zero attached hydrogens (tertiary/aromatic N) is 8. The molecule has 5 aromatic rings. The predicted molar refractivity (Wildman–Crippen MR) is 204 cm³/mol. The molecule has 1 saturated heterocycles. The number of amides is 1. The average molecular weight is 716 g/mol. The lowest BCUT2D eigenvalue weighted by atomic mass is 9.70. The summed E-state index contributed by atoms with van der Waals surface area (Å²) in [6.45, 7) is 10.8. The van der Waals surface area contributed by atoms with Crippen molar-refractivity contribution in [2.75, 3.05) is 36.8 Å². The Kier molecular flexibility index (Phi) is 10.1. The number of aryl methyl sites for hydroxylation is 3. The van der Waals surface area contributed by atoms with E-state index in [1.165, 1.54) is 0 Å². The highest BCUT2D eigenvalue weighted by Gasteiger charge is 2.40. The van der Waals surface area contributed by atoms with E-state index in [-0.39, 0.29) is 17.7 Å². The van der Waals surface area contributed by atoms with Crippen molar-refractivity contribution in [2.24, 2.45) is 5.73 Å². The van der Waals surface area contributed by atoms with E-state index in [1.807, 2.05) is 38.7 Å². The monoisotopic (exact) mass is 715 g/mol. The van der Waals surface area contributed by atoms with Gasteiger partial charge in [-0.05, 0) is 67.5 Å². The summed E-state index contributed by atoms with van der Waals surface area (Å²) in [4.78, 5) is 39.1. The quantitative estimate of drug-likeness (QED) is 0.138. The summed E-state index contributed by atoms with van der Waals surface area (Å²) in [5, 5.41) is 18.8.